The van der Waals surface area contributed by atoms with Crippen LogP contribution in [0.3, 0.4) is 0 Å². The number of carbonyl (C=O) groups excluding carboxylic acids is 1. The van der Waals surface area contributed by atoms with E-state index < -0.39 is 0 Å². The summed E-state index contributed by atoms with van der Waals surface area (Å²) < 4.78 is 2.39. The number of hydrogen-bond acceptors (Lipinski definition) is 4. The van der Waals surface area contributed by atoms with Crippen molar-refractivity contribution in [2.75, 3.05) is 26.7 Å². The van der Waals surface area contributed by atoms with Crippen molar-refractivity contribution in [3.8, 4) is 11.3 Å². The van der Waals surface area contributed by atoms with E-state index in [-0.39, 0.29) is 11.4 Å². The highest BCUT2D eigenvalue weighted by Gasteiger charge is 2.46. The van der Waals surface area contributed by atoms with Gasteiger partial charge in [0.25, 0.3) is 0 Å². The zero-order valence-corrected chi connectivity index (χ0v) is 17.4. The molecule has 6 nitrogen and oxygen atoms in total. The van der Waals surface area contributed by atoms with Crippen LogP contribution in [-0.4, -0.2) is 56.9 Å². The van der Waals surface area contributed by atoms with Crippen molar-refractivity contribution in [2.24, 2.45) is 0 Å². The van der Waals surface area contributed by atoms with Gasteiger partial charge in [0.15, 0.2) is 0 Å². The highest BCUT2D eigenvalue weighted by Crippen LogP contribution is 2.41. The Morgan fingerprint density at radius 2 is 1.73 bits per heavy atom. The zero-order chi connectivity index (χ0) is 20.6. The molecule has 30 heavy (non-hydrogen) atoms. The van der Waals surface area contributed by atoms with Crippen molar-refractivity contribution in [3.63, 3.8) is 0 Å². The van der Waals surface area contributed by atoms with Crippen LogP contribution < -0.4 is 0 Å². The second-order valence-corrected chi connectivity index (χ2v) is 8.32. The highest BCUT2D eigenvalue weighted by molar-refractivity contribution is 5.78. The van der Waals surface area contributed by atoms with Crippen molar-refractivity contribution >= 4 is 5.91 Å². The van der Waals surface area contributed by atoms with Crippen LogP contribution in [0.25, 0.3) is 11.3 Å². The van der Waals surface area contributed by atoms with Crippen molar-refractivity contribution in [1.29, 1.82) is 0 Å². The molecule has 2 aliphatic rings. The molecular weight excluding hydrogens is 374 g/mol. The number of nitrogens with zero attached hydrogens (tertiary/aromatic N) is 5. The molecule has 0 atom stereocenters. The summed E-state index contributed by atoms with van der Waals surface area (Å²) >= 11 is 0. The molecule has 0 radical (unpaired) electrons. The van der Waals surface area contributed by atoms with E-state index in [0.29, 0.717) is 6.42 Å². The van der Waals surface area contributed by atoms with Crippen LogP contribution in [0.2, 0.25) is 0 Å². The van der Waals surface area contributed by atoms with E-state index >= 15 is 0 Å². The maximum atomic E-state index is 12.8. The summed E-state index contributed by atoms with van der Waals surface area (Å²) in [5, 5.41) is 0. The summed E-state index contributed by atoms with van der Waals surface area (Å²) in [6.07, 6.45) is 5.95. The molecule has 0 saturated carbocycles. The van der Waals surface area contributed by atoms with Crippen LogP contribution >= 0.6 is 0 Å². The molecule has 0 unspecified atom stereocenters. The summed E-state index contributed by atoms with van der Waals surface area (Å²) in [6.45, 7) is 3.44. The lowest BCUT2D eigenvalue weighted by atomic mass is 9.83. The number of fused-ring (bicyclic) bond motifs is 2. The van der Waals surface area contributed by atoms with E-state index in [1.54, 1.807) is 6.20 Å². The predicted octanol–water partition coefficient (Wildman–Crippen LogP) is 2.95. The molecule has 2 aliphatic heterocycles. The topological polar surface area (TPSA) is 54.3 Å². The molecule has 0 bridgehead atoms. The number of imidazole rings is 1. The first kappa shape index (κ1) is 19.0. The first-order chi connectivity index (χ1) is 14.7. The normalized spacial score (nSPS) is 18.4. The van der Waals surface area contributed by atoms with Crippen LogP contribution in [0, 0.1) is 0 Å². The molecule has 3 aromatic rings. The first-order valence-electron chi connectivity index (χ1n) is 10.7. The second kappa shape index (κ2) is 7.69. The molecule has 1 saturated heterocycles. The summed E-state index contributed by atoms with van der Waals surface area (Å²) in [6, 6.07) is 16.2. The monoisotopic (exact) mass is 401 g/mol. The maximum Gasteiger partial charge on any atom is 0.228 e. The van der Waals surface area contributed by atoms with Gasteiger partial charge in [0, 0.05) is 38.1 Å². The Morgan fingerprint density at radius 1 is 0.967 bits per heavy atom. The van der Waals surface area contributed by atoms with Crippen molar-refractivity contribution in [1.82, 2.24) is 24.3 Å². The molecule has 4 heterocycles. The Balaban J connectivity index is 1.36. The molecular formula is C24H27N5O. The third-order valence-electron chi connectivity index (χ3n) is 6.73. The zero-order valence-electron chi connectivity index (χ0n) is 17.4. The fraction of sp³-hybridized carbons (Fsp3) is 0.375. The number of piperidine rings is 1. The van der Waals surface area contributed by atoms with Crippen molar-refractivity contribution in [3.05, 3.63) is 72.4 Å². The van der Waals surface area contributed by atoms with E-state index in [1.165, 1.54) is 11.3 Å². The average Bonchev–Trinajstić information content (AvgIpc) is 3.23. The number of amides is 1. The van der Waals surface area contributed by atoms with Gasteiger partial charge in [-0.3, -0.25) is 14.7 Å². The molecule has 1 amide bonds. The van der Waals surface area contributed by atoms with Crippen LogP contribution in [0.5, 0.6) is 0 Å². The van der Waals surface area contributed by atoms with E-state index in [4.69, 9.17) is 4.98 Å². The van der Waals surface area contributed by atoms with Gasteiger partial charge in [0.1, 0.15) is 5.82 Å². The Bertz CT molecular complexity index is 1020. The fourth-order valence-corrected chi connectivity index (χ4v) is 4.95. The highest BCUT2D eigenvalue weighted by atomic mass is 16.2. The van der Waals surface area contributed by atoms with Crippen LogP contribution in [0.15, 0.2) is 60.9 Å². The Morgan fingerprint density at radius 3 is 2.47 bits per heavy atom. The minimum absolute atomic E-state index is 0.104. The largest absolute Gasteiger partial charge is 0.342 e. The number of likely N-dealkylation sites (N-methyl/N-ethyl adjacent to an activating group) is 1. The van der Waals surface area contributed by atoms with Crippen LogP contribution in [0.4, 0.5) is 0 Å². The SMILES string of the molecule is CN1CCn2c(-c3ccccc3)cnc2C12CCN(C(=O)Cc1ccccn1)CC2. The third-order valence-corrected chi connectivity index (χ3v) is 6.73. The van der Waals surface area contributed by atoms with Gasteiger partial charge in [-0.05, 0) is 37.6 Å². The average molecular weight is 402 g/mol. The molecule has 6 heteroatoms. The lowest BCUT2D eigenvalue weighted by Crippen LogP contribution is -2.57. The fourth-order valence-electron chi connectivity index (χ4n) is 4.95. The molecule has 0 aliphatic carbocycles. The molecule has 1 spiro atoms. The number of hydrogen-bond donors (Lipinski definition) is 0. The number of benzene rings is 1. The van der Waals surface area contributed by atoms with Crippen LogP contribution in [0.1, 0.15) is 24.4 Å². The van der Waals surface area contributed by atoms with Crippen molar-refractivity contribution < 1.29 is 4.79 Å². The minimum Gasteiger partial charge on any atom is -0.342 e. The Kier molecular flexibility index (Phi) is 4.87. The van der Waals surface area contributed by atoms with E-state index in [1.807, 2.05) is 35.4 Å². The number of pyridine rings is 1. The number of aromatic nitrogens is 3. The van der Waals surface area contributed by atoms with Gasteiger partial charge in [-0.15, -0.1) is 0 Å². The number of carbonyl (C=O) groups is 1. The van der Waals surface area contributed by atoms with Gasteiger partial charge in [-0.25, -0.2) is 4.98 Å². The second-order valence-electron chi connectivity index (χ2n) is 8.32. The molecule has 154 valence electrons. The quantitative estimate of drug-likeness (QED) is 0.677. The summed E-state index contributed by atoms with van der Waals surface area (Å²) in [4.78, 5) is 26.5. The lowest BCUT2D eigenvalue weighted by Gasteiger charge is -2.49. The molecule has 2 aromatic heterocycles. The lowest BCUT2D eigenvalue weighted by molar-refractivity contribution is -0.133. The number of rotatable bonds is 3. The molecule has 1 aromatic carbocycles. The molecule has 5 rings (SSSR count). The molecule has 0 N–H and O–H groups in total. The van der Waals surface area contributed by atoms with Gasteiger partial charge in [0.05, 0.1) is 23.9 Å². The Labute approximate surface area is 177 Å². The summed E-state index contributed by atoms with van der Waals surface area (Å²) in [7, 11) is 2.20. The van der Waals surface area contributed by atoms with E-state index in [9.17, 15) is 4.79 Å². The van der Waals surface area contributed by atoms with E-state index in [0.717, 1.165) is 50.5 Å². The van der Waals surface area contributed by atoms with Crippen LogP contribution in [-0.2, 0) is 23.3 Å². The first-order valence-corrected chi connectivity index (χ1v) is 10.7. The number of likely N-dealkylation sites (tertiary alicyclic amines) is 1. The van der Waals surface area contributed by atoms with E-state index in [2.05, 4.69) is 45.8 Å². The Hall–Kier alpha value is -2.99. The van der Waals surface area contributed by atoms with Crippen molar-refractivity contribution in [2.45, 2.75) is 31.3 Å². The van der Waals surface area contributed by atoms with Gasteiger partial charge in [-0.1, -0.05) is 36.4 Å². The summed E-state index contributed by atoms with van der Waals surface area (Å²) in [5.41, 5.74) is 3.12. The summed E-state index contributed by atoms with van der Waals surface area (Å²) in [5.74, 6) is 1.31. The minimum atomic E-state index is -0.104. The van der Waals surface area contributed by atoms with Gasteiger partial charge >= 0.3 is 0 Å². The maximum absolute atomic E-state index is 12.8. The molecule has 1 fully saturated rings. The third kappa shape index (κ3) is 3.21. The van der Waals surface area contributed by atoms with Gasteiger partial charge in [0.2, 0.25) is 5.91 Å². The van der Waals surface area contributed by atoms with Gasteiger partial charge in [-0.2, -0.15) is 0 Å². The standard InChI is InChI=1S/C24H27N5O/c1-27-15-16-29-21(19-7-3-2-4-8-19)18-26-23(29)24(27)10-13-28(14-11-24)22(30)17-20-9-5-6-12-25-20/h2-9,12,18H,10-11,13-17H2,1H3. The smallest absolute Gasteiger partial charge is 0.228 e. The predicted molar refractivity (Wildman–Crippen MR) is 116 cm³/mol. The van der Waals surface area contributed by atoms with Gasteiger partial charge < -0.3 is 9.47 Å².